The summed E-state index contributed by atoms with van der Waals surface area (Å²) >= 11 is 18.3. The molecule has 10 heteroatoms. The molecule has 0 spiro atoms. The third-order valence-corrected chi connectivity index (χ3v) is 6.68. The van der Waals surface area contributed by atoms with Gasteiger partial charge in [0.1, 0.15) is 12.7 Å². The first kappa shape index (κ1) is 24.4. The van der Waals surface area contributed by atoms with Crippen LogP contribution in [-0.4, -0.2) is 49.2 Å². The first-order valence-corrected chi connectivity index (χ1v) is 12.4. The Morgan fingerprint density at radius 1 is 1.08 bits per heavy atom. The highest BCUT2D eigenvalue weighted by Crippen LogP contribution is 2.32. The van der Waals surface area contributed by atoms with Crippen molar-refractivity contribution in [2.24, 2.45) is 4.99 Å². The molecule has 0 aromatic heterocycles. The van der Waals surface area contributed by atoms with Crippen LogP contribution in [0.3, 0.4) is 0 Å². The summed E-state index contributed by atoms with van der Waals surface area (Å²) in [6, 6.07) is 20.1. The van der Waals surface area contributed by atoms with Crippen LogP contribution in [0.15, 0.2) is 71.7 Å². The smallest absolute Gasteiger partial charge is 0.272 e. The van der Waals surface area contributed by atoms with Crippen molar-refractivity contribution in [1.29, 1.82) is 0 Å². The van der Waals surface area contributed by atoms with Crippen molar-refractivity contribution in [2.45, 2.75) is 12.3 Å². The number of rotatable bonds is 4. The van der Waals surface area contributed by atoms with Crippen molar-refractivity contribution in [3.05, 3.63) is 87.9 Å². The van der Waals surface area contributed by atoms with Crippen molar-refractivity contribution >= 4 is 57.8 Å². The first-order valence-electron chi connectivity index (χ1n) is 11.2. The number of aliphatic imine (C=N–C) groups is 1. The van der Waals surface area contributed by atoms with Crippen molar-refractivity contribution in [1.82, 2.24) is 10.6 Å². The molecular formula is C26H22Cl2N4O3S. The second kappa shape index (κ2) is 10.3. The predicted octanol–water partition coefficient (Wildman–Crippen LogP) is 4.44. The van der Waals surface area contributed by atoms with Crippen molar-refractivity contribution < 1.29 is 14.3 Å². The normalized spacial score (nSPS) is 18.6. The van der Waals surface area contributed by atoms with Gasteiger partial charge < -0.3 is 25.0 Å². The lowest BCUT2D eigenvalue weighted by atomic mass is 10.00. The number of ether oxygens (including phenoxy) is 2. The molecular weight excluding hydrogens is 519 g/mol. The van der Waals surface area contributed by atoms with Gasteiger partial charge in [-0.3, -0.25) is 4.79 Å². The fraction of sp³-hybridized carbons (Fsp3) is 0.192. The molecule has 0 aliphatic carbocycles. The zero-order valence-corrected chi connectivity index (χ0v) is 21.5. The monoisotopic (exact) mass is 540 g/mol. The van der Waals surface area contributed by atoms with E-state index in [1.54, 1.807) is 31.3 Å². The number of halogens is 2. The summed E-state index contributed by atoms with van der Waals surface area (Å²) in [5, 5.41) is 7.44. The van der Waals surface area contributed by atoms with Crippen LogP contribution in [0.5, 0.6) is 11.5 Å². The highest BCUT2D eigenvalue weighted by atomic mass is 35.5. The minimum absolute atomic E-state index is 0.249. The van der Waals surface area contributed by atoms with Gasteiger partial charge in [0.2, 0.25) is 6.17 Å². The lowest BCUT2D eigenvalue weighted by Gasteiger charge is -2.27. The fourth-order valence-corrected chi connectivity index (χ4v) is 4.65. The van der Waals surface area contributed by atoms with E-state index in [4.69, 9.17) is 49.9 Å². The van der Waals surface area contributed by atoms with E-state index in [9.17, 15) is 4.79 Å². The lowest BCUT2D eigenvalue weighted by Crippen LogP contribution is -2.51. The summed E-state index contributed by atoms with van der Waals surface area (Å²) in [6.07, 6.45) is -1.24. The number of likely N-dealkylation sites (N-methyl/N-ethyl adjacent to an activating group) is 1. The topological polar surface area (TPSA) is 75.2 Å². The van der Waals surface area contributed by atoms with Gasteiger partial charge >= 0.3 is 0 Å². The van der Waals surface area contributed by atoms with Crippen molar-refractivity contribution in [3.63, 3.8) is 0 Å². The Kier molecular flexibility index (Phi) is 7.00. The van der Waals surface area contributed by atoms with E-state index < -0.39 is 6.17 Å². The first-order chi connectivity index (χ1) is 17.4. The van der Waals surface area contributed by atoms with E-state index in [-0.39, 0.29) is 17.1 Å². The van der Waals surface area contributed by atoms with Crippen molar-refractivity contribution in [3.8, 4) is 11.5 Å². The van der Waals surface area contributed by atoms with Crippen LogP contribution in [0.1, 0.15) is 11.1 Å². The summed E-state index contributed by atoms with van der Waals surface area (Å²) in [6.45, 7) is 0.760. The van der Waals surface area contributed by atoms with E-state index in [1.807, 2.05) is 42.5 Å². The summed E-state index contributed by atoms with van der Waals surface area (Å²) < 4.78 is 11.7. The number of hydrogen-bond donors (Lipinski definition) is 2. The van der Waals surface area contributed by atoms with Crippen LogP contribution in [0, 0.1) is 0 Å². The van der Waals surface area contributed by atoms with E-state index in [0.29, 0.717) is 57.2 Å². The van der Waals surface area contributed by atoms with Crippen LogP contribution in [0.2, 0.25) is 10.0 Å². The quantitative estimate of drug-likeness (QED) is 0.476. The van der Waals surface area contributed by atoms with Gasteiger partial charge in [0.25, 0.3) is 5.91 Å². The summed E-state index contributed by atoms with van der Waals surface area (Å²) in [4.78, 5) is 19.7. The van der Waals surface area contributed by atoms with Crippen LogP contribution in [0.25, 0.3) is 0 Å². The largest absolute Gasteiger partial charge is 0.486 e. The molecule has 7 nitrogen and oxygen atoms in total. The number of hydrogen-bond acceptors (Lipinski definition) is 5. The van der Waals surface area contributed by atoms with Crippen LogP contribution in [-0.2, 0) is 4.79 Å². The minimum Gasteiger partial charge on any atom is -0.486 e. The molecule has 0 saturated heterocycles. The van der Waals surface area contributed by atoms with E-state index in [1.165, 1.54) is 4.90 Å². The van der Waals surface area contributed by atoms with Crippen LogP contribution < -0.4 is 25.0 Å². The Balaban J connectivity index is 1.37. The minimum atomic E-state index is -0.989. The number of nitrogens with zero attached hydrogens (tertiary/aromatic N) is 2. The van der Waals surface area contributed by atoms with Gasteiger partial charge in [-0.2, -0.15) is 0 Å². The van der Waals surface area contributed by atoms with Gasteiger partial charge in [0.05, 0.1) is 17.9 Å². The number of thiocarbonyl (C=S) groups is 1. The zero-order valence-electron chi connectivity index (χ0n) is 19.2. The Morgan fingerprint density at radius 2 is 1.83 bits per heavy atom. The van der Waals surface area contributed by atoms with E-state index in [0.717, 1.165) is 0 Å². The fourth-order valence-electron chi connectivity index (χ4n) is 4.05. The van der Waals surface area contributed by atoms with Gasteiger partial charge in [-0.05, 0) is 48.6 Å². The number of carbonyl (C=O) groups excluding carboxylic acids is 1. The molecule has 2 atom stereocenters. The number of para-hydroxylation sites is 2. The number of benzene rings is 3. The highest BCUT2D eigenvalue weighted by Gasteiger charge is 2.31. The van der Waals surface area contributed by atoms with Gasteiger partial charge in [-0.25, -0.2) is 4.99 Å². The second-order valence-corrected chi connectivity index (χ2v) is 9.52. The lowest BCUT2D eigenvalue weighted by molar-refractivity contribution is -0.119. The molecule has 3 aromatic rings. The molecule has 36 heavy (non-hydrogen) atoms. The predicted molar refractivity (Wildman–Crippen MR) is 146 cm³/mol. The third kappa shape index (κ3) is 4.97. The Bertz CT molecular complexity index is 1370. The van der Waals surface area contributed by atoms with Crippen molar-refractivity contribution in [2.75, 3.05) is 25.1 Å². The number of amides is 1. The molecule has 0 bridgehead atoms. The van der Waals surface area contributed by atoms with E-state index >= 15 is 0 Å². The Hall–Kier alpha value is -3.33. The zero-order chi connectivity index (χ0) is 25.2. The molecule has 184 valence electrons. The number of anilines is 1. The maximum atomic E-state index is 13.4. The highest BCUT2D eigenvalue weighted by molar-refractivity contribution is 7.80. The molecule has 2 unspecified atom stereocenters. The number of carbonyl (C=O) groups is 1. The molecule has 2 aliphatic heterocycles. The molecule has 0 fully saturated rings. The Morgan fingerprint density at radius 3 is 2.64 bits per heavy atom. The maximum Gasteiger partial charge on any atom is 0.272 e. The van der Waals surface area contributed by atoms with Gasteiger partial charge in [-0.15, -0.1) is 0 Å². The standard InChI is InChI=1S/C26H22Cl2N4O3S/c1-32-20-11-10-15(27)12-18(20)23(17-6-2-3-7-19(17)28)30-24(25(32)33)31-26(36)29-13-16-14-34-21-8-4-5-9-22(21)35-16/h2-12,16,24H,13-14H2,1H3,(H2,29,31,36). The van der Waals surface area contributed by atoms with Crippen LogP contribution >= 0.6 is 35.4 Å². The third-order valence-electron chi connectivity index (χ3n) is 5.85. The molecule has 3 aromatic carbocycles. The average Bonchev–Trinajstić information content (AvgIpc) is 2.98. The summed E-state index contributed by atoms with van der Waals surface area (Å²) in [5.74, 6) is 1.11. The second-order valence-electron chi connectivity index (χ2n) is 8.27. The number of benzodiazepines with no additional fused rings is 1. The molecule has 2 heterocycles. The van der Waals surface area contributed by atoms with E-state index in [2.05, 4.69) is 10.6 Å². The van der Waals surface area contributed by atoms with Gasteiger partial charge in [0, 0.05) is 28.2 Å². The van der Waals surface area contributed by atoms with Gasteiger partial charge in [-0.1, -0.05) is 53.5 Å². The average molecular weight is 541 g/mol. The summed E-state index contributed by atoms with van der Waals surface area (Å²) in [5.41, 5.74) is 2.58. The van der Waals surface area contributed by atoms with Crippen LogP contribution in [0.4, 0.5) is 5.69 Å². The molecule has 5 rings (SSSR count). The number of fused-ring (bicyclic) bond motifs is 2. The van der Waals surface area contributed by atoms with Gasteiger partial charge in [0.15, 0.2) is 16.6 Å². The molecule has 2 N–H and O–H groups in total. The Labute approximate surface area is 224 Å². The number of nitrogens with one attached hydrogen (secondary N) is 2. The molecule has 0 saturated carbocycles. The molecule has 0 radical (unpaired) electrons. The summed E-state index contributed by atoms with van der Waals surface area (Å²) in [7, 11) is 1.69. The molecule has 2 aliphatic rings. The SMILES string of the molecule is CN1C(=O)C(NC(=S)NCC2COc3ccccc3O2)N=C(c2ccccc2Cl)c2cc(Cl)ccc21. The molecule has 1 amide bonds. The maximum absolute atomic E-state index is 13.4.